The monoisotopic (exact) mass is 633 g/mol. The van der Waals surface area contributed by atoms with E-state index in [2.05, 4.69) is 16.0 Å². The second-order valence-electron chi connectivity index (χ2n) is 9.72. The standard InChI is InChI=1S/C30H23N3O9S2/c1-17(34)31-22-13-20(29(35)32-27-6-2-4-18-15-23(43(37,38)39)8-10-25(18)27)12-21(14-22)30(36)33-28-7-3-5-19-16-24(44(40,41)42)9-11-26(19)28/h2-16H,1H3,(H,31,34)(H,32,35)(H,33,36)(H,37,38,39)(H,40,41,42). The molecule has 5 rings (SSSR count). The molecule has 44 heavy (non-hydrogen) atoms. The van der Waals surface area contributed by atoms with E-state index in [0.29, 0.717) is 32.9 Å². The van der Waals surface area contributed by atoms with Crippen LogP contribution in [0.4, 0.5) is 17.1 Å². The second-order valence-corrected chi connectivity index (χ2v) is 12.6. The van der Waals surface area contributed by atoms with Crippen molar-refractivity contribution in [3.63, 3.8) is 0 Å². The van der Waals surface area contributed by atoms with Gasteiger partial charge in [0.25, 0.3) is 32.1 Å². The van der Waals surface area contributed by atoms with Gasteiger partial charge in [-0.2, -0.15) is 16.8 Å². The van der Waals surface area contributed by atoms with Gasteiger partial charge in [-0.1, -0.05) is 36.4 Å². The van der Waals surface area contributed by atoms with Crippen molar-refractivity contribution in [1.29, 1.82) is 0 Å². The van der Waals surface area contributed by atoms with Crippen molar-refractivity contribution in [1.82, 2.24) is 0 Å². The molecule has 5 aromatic carbocycles. The van der Waals surface area contributed by atoms with E-state index in [9.17, 15) is 40.3 Å². The molecule has 0 spiro atoms. The van der Waals surface area contributed by atoms with Crippen molar-refractivity contribution in [3.05, 3.63) is 102 Å². The quantitative estimate of drug-likeness (QED) is 0.154. The van der Waals surface area contributed by atoms with E-state index >= 15 is 0 Å². The number of carbonyl (C=O) groups excluding carboxylic acids is 3. The number of hydrogen-bond acceptors (Lipinski definition) is 7. The van der Waals surface area contributed by atoms with Gasteiger partial charge in [0.15, 0.2) is 0 Å². The molecule has 0 atom stereocenters. The first kappa shape index (κ1) is 30.3. The molecule has 224 valence electrons. The molecular formula is C30H23N3O9S2. The van der Waals surface area contributed by atoms with E-state index in [-0.39, 0.29) is 26.6 Å². The molecule has 14 heteroatoms. The molecular weight excluding hydrogens is 610 g/mol. The highest BCUT2D eigenvalue weighted by atomic mass is 32.2. The maximum Gasteiger partial charge on any atom is 0.294 e. The minimum Gasteiger partial charge on any atom is -0.326 e. The zero-order chi connectivity index (χ0) is 31.8. The van der Waals surface area contributed by atoms with Crippen LogP contribution in [0.2, 0.25) is 0 Å². The average molecular weight is 634 g/mol. The lowest BCUT2D eigenvalue weighted by Gasteiger charge is -2.13. The number of carbonyl (C=O) groups is 3. The number of benzene rings is 5. The largest absolute Gasteiger partial charge is 0.326 e. The molecule has 0 aliphatic rings. The summed E-state index contributed by atoms with van der Waals surface area (Å²) in [5.74, 6) is -1.72. The Morgan fingerprint density at radius 3 is 1.39 bits per heavy atom. The highest BCUT2D eigenvalue weighted by Gasteiger charge is 2.18. The molecule has 3 amide bonds. The Morgan fingerprint density at radius 1 is 0.568 bits per heavy atom. The second kappa shape index (κ2) is 11.5. The molecule has 0 aliphatic carbocycles. The van der Waals surface area contributed by atoms with E-state index in [1.807, 2.05) is 0 Å². The van der Waals surface area contributed by atoms with Crippen LogP contribution in [-0.4, -0.2) is 43.7 Å². The third kappa shape index (κ3) is 6.58. The number of rotatable bonds is 7. The van der Waals surface area contributed by atoms with Gasteiger partial charge in [-0.05, 0) is 65.4 Å². The fourth-order valence-electron chi connectivity index (χ4n) is 4.62. The predicted octanol–water partition coefficient (Wildman–Crippen LogP) is 4.95. The number of nitrogens with one attached hydrogen (secondary N) is 3. The summed E-state index contributed by atoms with van der Waals surface area (Å²) in [5, 5.41) is 9.86. The minimum atomic E-state index is -4.44. The van der Waals surface area contributed by atoms with Gasteiger partial charge < -0.3 is 16.0 Å². The minimum absolute atomic E-state index is 0.0173. The van der Waals surface area contributed by atoms with Crippen LogP contribution in [0.1, 0.15) is 27.6 Å². The van der Waals surface area contributed by atoms with Gasteiger partial charge in [-0.3, -0.25) is 23.5 Å². The van der Waals surface area contributed by atoms with Gasteiger partial charge in [0.05, 0.1) is 9.79 Å². The van der Waals surface area contributed by atoms with Gasteiger partial charge in [-0.15, -0.1) is 0 Å². The van der Waals surface area contributed by atoms with Crippen LogP contribution in [-0.2, 0) is 25.0 Å². The molecule has 0 unspecified atom stereocenters. The third-order valence-corrected chi connectivity index (χ3v) is 8.27. The molecule has 0 saturated heterocycles. The molecule has 0 radical (unpaired) electrons. The summed E-state index contributed by atoms with van der Waals surface area (Å²) in [4.78, 5) is 38.0. The molecule has 12 nitrogen and oxygen atoms in total. The van der Waals surface area contributed by atoms with Crippen molar-refractivity contribution >= 4 is 76.6 Å². The van der Waals surface area contributed by atoms with Crippen molar-refractivity contribution in [3.8, 4) is 0 Å². The Labute approximate surface area is 251 Å². The van der Waals surface area contributed by atoms with Gasteiger partial charge in [-0.25, -0.2) is 0 Å². The summed E-state index contributed by atoms with van der Waals surface area (Å²) in [6, 6.07) is 21.4. The van der Waals surface area contributed by atoms with Crippen LogP contribution in [0, 0.1) is 0 Å². The first-order chi connectivity index (χ1) is 20.7. The van der Waals surface area contributed by atoms with Gasteiger partial charge >= 0.3 is 0 Å². The Morgan fingerprint density at radius 2 is 1.00 bits per heavy atom. The SMILES string of the molecule is CC(=O)Nc1cc(C(=O)Nc2cccc3cc(S(=O)(=O)O)ccc23)cc(C(=O)Nc2cccc3cc(S(=O)(=O)O)ccc23)c1. The van der Waals surface area contributed by atoms with E-state index in [4.69, 9.17) is 0 Å². The molecule has 0 heterocycles. The third-order valence-electron chi connectivity index (χ3n) is 6.57. The summed E-state index contributed by atoms with van der Waals surface area (Å²) >= 11 is 0. The van der Waals surface area contributed by atoms with Crippen LogP contribution in [0.5, 0.6) is 0 Å². The maximum atomic E-state index is 13.4. The number of amides is 3. The van der Waals surface area contributed by atoms with E-state index < -0.39 is 38.0 Å². The summed E-state index contributed by atoms with van der Waals surface area (Å²) < 4.78 is 64.9. The van der Waals surface area contributed by atoms with E-state index in [0.717, 1.165) is 0 Å². The van der Waals surface area contributed by atoms with Gasteiger partial charge in [0.1, 0.15) is 0 Å². The highest BCUT2D eigenvalue weighted by Crippen LogP contribution is 2.29. The van der Waals surface area contributed by atoms with Crippen LogP contribution in [0.25, 0.3) is 21.5 Å². The van der Waals surface area contributed by atoms with Crippen molar-refractivity contribution < 1.29 is 40.3 Å². The van der Waals surface area contributed by atoms with Crippen LogP contribution >= 0.6 is 0 Å². The molecule has 5 aromatic rings. The normalized spacial score (nSPS) is 11.7. The van der Waals surface area contributed by atoms with Crippen molar-refractivity contribution in [2.75, 3.05) is 16.0 Å². The Kier molecular flexibility index (Phi) is 7.92. The molecule has 0 saturated carbocycles. The maximum absolute atomic E-state index is 13.4. The smallest absolute Gasteiger partial charge is 0.294 e. The Bertz CT molecular complexity index is 2080. The van der Waals surface area contributed by atoms with Crippen LogP contribution in [0.15, 0.2) is 101 Å². The van der Waals surface area contributed by atoms with Gasteiger partial charge in [0.2, 0.25) is 5.91 Å². The predicted molar refractivity (Wildman–Crippen MR) is 164 cm³/mol. The molecule has 0 bridgehead atoms. The fourth-order valence-corrected chi connectivity index (χ4v) is 5.65. The average Bonchev–Trinajstić information content (AvgIpc) is 2.95. The molecule has 0 fully saturated rings. The molecule has 0 aliphatic heterocycles. The Balaban J connectivity index is 1.48. The van der Waals surface area contributed by atoms with Gasteiger partial charge in [0, 0.05) is 45.9 Å². The summed E-state index contributed by atoms with van der Waals surface area (Å²) in [5.41, 5.74) is 0.852. The summed E-state index contributed by atoms with van der Waals surface area (Å²) in [7, 11) is -8.88. The fraction of sp³-hybridized carbons (Fsp3) is 0.0333. The van der Waals surface area contributed by atoms with Crippen molar-refractivity contribution in [2.24, 2.45) is 0 Å². The Hall–Kier alpha value is -5.15. The lowest BCUT2D eigenvalue weighted by atomic mass is 10.1. The number of anilines is 3. The van der Waals surface area contributed by atoms with Crippen LogP contribution in [0.3, 0.4) is 0 Å². The first-order valence-corrected chi connectivity index (χ1v) is 15.6. The van der Waals surface area contributed by atoms with E-state index in [1.165, 1.54) is 61.5 Å². The lowest BCUT2D eigenvalue weighted by molar-refractivity contribution is -0.114. The van der Waals surface area contributed by atoms with E-state index in [1.54, 1.807) is 36.4 Å². The van der Waals surface area contributed by atoms with Crippen LogP contribution < -0.4 is 16.0 Å². The topological polar surface area (TPSA) is 196 Å². The summed E-state index contributed by atoms with van der Waals surface area (Å²) in [6.07, 6.45) is 0. The molecule has 5 N–H and O–H groups in total. The zero-order valence-corrected chi connectivity index (χ0v) is 24.4. The molecule has 0 aromatic heterocycles. The lowest BCUT2D eigenvalue weighted by Crippen LogP contribution is -2.17. The summed E-state index contributed by atoms with van der Waals surface area (Å²) in [6.45, 7) is 1.26. The van der Waals surface area contributed by atoms with Crippen molar-refractivity contribution in [2.45, 2.75) is 16.7 Å². The number of hydrogen-bond donors (Lipinski definition) is 5. The number of fused-ring (bicyclic) bond motifs is 2. The zero-order valence-electron chi connectivity index (χ0n) is 22.7. The highest BCUT2D eigenvalue weighted by molar-refractivity contribution is 7.86. The first-order valence-electron chi connectivity index (χ1n) is 12.7.